The molecule has 3 aromatic rings. The fourth-order valence-electron chi connectivity index (χ4n) is 3.60. The van der Waals surface area contributed by atoms with Gasteiger partial charge in [-0.2, -0.15) is 0 Å². The minimum atomic E-state index is -0.0387. The highest BCUT2D eigenvalue weighted by molar-refractivity contribution is 7.99. The second-order valence-electron chi connectivity index (χ2n) is 7.72. The molecule has 1 amide bonds. The second-order valence-corrected chi connectivity index (χ2v) is 10.1. The average molecular weight is 477 g/mol. The number of aromatic nitrogens is 2. The maximum absolute atomic E-state index is 12.5. The Balaban J connectivity index is 1.29. The van der Waals surface area contributed by atoms with E-state index in [0.29, 0.717) is 22.7 Å². The van der Waals surface area contributed by atoms with E-state index in [4.69, 9.17) is 16.0 Å². The van der Waals surface area contributed by atoms with Gasteiger partial charge in [-0.25, -0.2) is 0 Å². The maximum atomic E-state index is 12.5. The number of thioether (sulfide) groups is 1. The normalized spacial score (nSPS) is 16.3. The Morgan fingerprint density at radius 1 is 1.29 bits per heavy atom. The van der Waals surface area contributed by atoms with Crippen LogP contribution in [-0.2, 0) is 4.79 Å². The third kappa shape index (κ3) is 6.10. The zero-order valence-corrected chi connectivity index (χ0v) is 19.7. The van der Waals surface area contributed by atoms with E-state index in [2.05, 4.69) is 44.9 Å². The number of nitrogens with zero attached hydrogens (tertiary/aromatic N) is 3. The summed E-state index contributed by atoms with van der Waals surface area (Å²) in [5.41, 5.74) is 0.794. The van der Waals surface area contributed by atoms with Gasteiger partial charge in [0.05, 0.1) is 11.8 Å². The molecule has 2 aromatic heterocycles. The number of likely N-dealkylation sites (tertiary alicyclic amines) is 1. The summed E-state index contributed by atoms with van der Waals surface area (Å²) in [6.07, 6.45) is 2.41. The van der Waals surface area contributed by atoms with Gasteiger partial charge in [-0.15, -0.1) is 21.5 Å². The topological polar surface area (TPSA) is 71.3 Å². The van der Waals surface area contributed by atoms with Crippen molar-refractivity contribution in [1.29, 1.82) is 0 Å². The predicted octanol–water partition coefficient (Wildman–Crippen LogP) is 5.13. The fraction of sp³-hybridized carbons (Fsp3) is 0.409. The van der Waals surface area contributed by atoms with Crippen molar-refractivity contribution in [1.82, 2.24) is 20.4 Å². The highest BCUT2D eigenvalue weighted by atomic mass is 35.5. The van der Waals surface area contributed by atoms with Crippen LogP contribution >= 0.6 is 34.7 Å². The standard InChI is InChI=1S/C22H25ClN4O2S2/c1-15-8-10-27(11-9-15)18(19-3-2-12-30-19)13-24-20(28)14-31-22-26-25-21(29-22)16-4-6-17(23)7-5-16/h2-7,12,15,18H,8-11,13-14H2,1H3,(H,24,28). The first kappa shape index (κ1) is 22.3. The van der Waals surface area contributed by atoms with Crippen LogP contribution in [0, 0.1) is 5.92 Å². The highest BCUT2D eigenvalue weighted by Gasteiger charge is 2.25. The number of halogens is 1. The van der Waals surface area contributed by atoms with E-state index in [9.17, 15) is 4.79 Å². The van der Waals surface area contributed by atoms with Crippen LogP contribution in [0.5, 0.6) is 0 Å². The molecule has 6 nitrogen and oxygen atoms in total. The van der Waals surface area contributed by atoms with Crippen molar-refractivity contribution in [3.05, 3.63) is 51.7 Å². The molecule has 0 aliphatic carbocycles. The molecule has 1 N–H and O–H groups in total. The van der Waals surface area contributed by atoms with Crippen molar-refractivity contribution in [2.24, 2.45) is 5.92 Å². The number of nitrogens with one attached hydrogen (secondary N) is 1. The Hall–Kier alpha value is -1.87. The molecule has 1 fully saturated rings. The first-order chi connectivity index (χ1) is 15.1. The number of thiophene rings is 1. The van der Waals surface area contributed by atoms with Gasteiger partial charge in [0, 0.05) is 22.0 Å². The molecule has 1 saturated heterocycles. The molecule has 0 saturated carbocycles. The lowest BCUT2D eigenvalue weighted by molar-refractivity contribution is -0.118. The molecule has 1 aliphatic rings. The quantitative estimate of drug-likeness (QED) is 0.454. The van der Waals surface area contributed by atoms with E-state index in [1.165, 1.54) is 29.5 Å². The van der Waals surface area contributed by atoms with Gasteiger partial charge in [0.25, 0.3) is 5.22 Å². The molecule has 4 rings (SSSR count). The van der Waals surface area contributed by atoms with Gasteiger partial charge in [0.15, 0.2) is 0 Å². The van der Waals surface area contributed by atoms with Crippen LogP contribution in [0.15, 0.2) is 51.4 Å². The first-order valence-corrected chi connectivity index (χ1v) is 12.6. The molecule has 164 valence electrons. The van der Waals surface area contributed by atoms with Gasteiger partial charge in [0.1, 0.15) is 0 Å². The summed E-state index contributed by atoms with van der Waals surface area (Å²) in [6, 6.07) is 11.6. The largest absolute Gasteiger partial charge is 0.411 e. The third-order valence-corrected chi connectivity index (χ3v) is 7.49. The number of hydrogen-bond acceptors (Lipinski definition) is 7. The number of carbonyl (C=O) groups excluding carboxylic acids is 1. The van der Waals surface area contributed by atoms with Crippen molar-refractivity contribution in [2.75, 3.05) is 25.4 Å². The Kier molecular flexibility index (Phi) is 7.66. The lowest BCUT2D eigenvalue weighted by Gasteiger charge is -2.36. The minimum Gasteiger partial charge on any atom is -0.411 e. The van der Waals surface area contributed by atoms with Crippen LogP contribution in [0.3, 0.4) is 0 Å². The molecule has 0 spiro atoms. The summed E-state index contributed by atoms with van der Waals surface area (Å²) >= 11 is 8.90. The SMILES string of the molecule is CC1CCN(C(CNC(=O)CSc2nnc(-c3ccc(Cl)cc3)o2)c2cccs2)CC1. The lowest BCUT2D eigenvalue weighted by atomic mass is 9.97. The van der Waals surface area contributed by atoms with E-state index < -0.39 is 0 Å². The van der Waals surface area contributed by atoms with Crippen LogP contribution in [-0.4, -0.2) is 46.4 Å². The fourth-order valence-corrected chi connectivity index (χ4v) is 5.18. The van der Waals surface area contributed by atoms with Gasteiger partial charge in [-0.05, 0) is 67.6 Å². The molecule has 0 bridgehead atoms. The van der Waals surface area contributed by atoms with Crippen LogP contribution in [0.4, 0.5) is 0 Å². The molecule has 1 aliphatic heterocycles. The van der Waals surface area contributed by atoms with Crippen molar-refractivity contribution in [2.45, 2.75) is 31.0 Å². The van der Waals surface area contributed by atoms with Crippen LogP contribution in [0.2, 0.25) is 5.02 Å². The zero-order chi connectivity index (χ0) is 21.6. The number of benzene rings is 1. The van der Waals surface area contributed by atoms with Crippen molar-refractivity contribution in [3.63, 3.8) is 0 Å². The van der Waals surface area contributed by atoms with Crippen LogP contribution in [0.25, 0.3) is 11.5 Å². The van der Waals surface area contributed by atoms with Gasteiger partial charge in [0.2, 0.25) is 11.8 Å². The molecule has 9 heteroatoms. The van der Waals surface area contributed by atoms with Crippen LogP contribution in [0.1, 0.15) is 30.7 Å². The van der Waals surface area contributed by atoms with Crippen molar-refractivity contribution in [3.8, 4) is 11.5 Å². The summed E-state index contributed by atoms with van der Waals surface area (Å²) in [5.74, 6) is 1.38. The van der Waals surface area contributed by atoms with Gasteiger partial charge >= 0.3 is 0 Å². The Morgan fingerprint density at radius 2 is 2.06 bits per heavy atom. The first-order valence-electron chi connectivity index (χ1n) is 10.3. The van der Waals surface area contributed by atoms with Gasteiger partial charge in [-0.3, -0.25) is 9.69 Å². The molecular formula is C22H25ClN4O2S2. The summed E-state index contributed by atoms with van der Waals surface area (Å²) in [5, 5.41) is 14.3. The Labute approximate surface area is 195 Å². The number of carbonyl (C=O) groups is 1. The number of rotatable bonds is 8. The van der Waals surface area contributed by atoms with E-state index >= 15 is 0 Å². The maximum Gasteiger partial charge on any atom is 0.277 e. The monoisotopic (exact) mass is 476 g/mol. The van der Waals surface area contributed by atoms with Gasteiger partial charge < -0.3 is 9.73 Å². The summed E-state index contributed by atoms with van der Waals surface area (Å²) in [6.45, 7) is 5.06. The smallest absolute Gasteiger partial charge is 0.277 e. The van der Waals surface area contributed by atoms with E-state index in [1.54, 1.807) is 23.5 Å². The third-order valence-electron chi connectivity index (χ3n) is 5.45. The summed E-state index contributed by atoms with van der Waals surface area (Å²) in [7, 11) is 0. The predicted molar refractivity (Wildman–Crippen MR) is 126 cm³/mol. The van der Waals surface area contributed by atoms with E-state index in [-0.39, 0.29) is 17.7 Å². The molecular weight excluding hydrogens is 452 g/mol. The Bertz CT molecular complexity index is 970. The van der Waals surface area contributed by atoms with E-state index in [0.717, 1.165) is 24.6 Å². The molecule has 1 unspecified atom stereocenters. The van der Waals surface area contributed by atoms with Gasteiger partial charge in [-0.1, -0.05) is 36.4 Å². The average Bonchev–Trinajstić information content (AvgIpc) is 3.47. The number of piperidine rings is 1. The van der Waals surface area contributed by atoms with E-state index in [1.807, 2.05) is 12.1 Å². The summed E-state index contributed by atoms with van der Waals surface area (Å²) in [4.78, 5) is 16.3. The lowest BCUT2D eigenvalue weighted by Crippen LogP contribution is -2.42. The summed E-state index contributed by atoms with van der Waals surface area (Å²) < 4.78 is 5.66. The Morgan fingerprint density at radius 3 is 2.77 bits per heavy atom. The van der Waals surface area contributed by atoms with Crippen molar-refractivity contribution < 1.29 is 9.21 Å². The zero-order valence-electron chi connectivity index (χ0n) is 17.3. The molecule has 31 heavy (non-hydrogen) atoms. The van der Waals surface area contributed by atoms with Crippen molar-refractivity contribution >= 4 is 40.6 Å². The number of hydrogen-bond donors (Lipinski definition) is 1. The number of amides is 1. The highest BCUT2D eigenvalue weighted by Crippen LogP contribution is 2.29. The molecule has 1 atom stereocenters. The van der Waals surface area contributed by atoms with Crippen LogP contribution < -0.4 is 5.32 Å². The second kappa shape index (κ2) is 10.6. The minimum absolute atomic E-state index is 0.0387. The molecule has 0 radical (unpaired) electrons. The molecule has 1 aromatic carbocycles. The molecule has 3 heterocycles.